The summed E-state index contributed by atoms with van der Waals surface area (Å²) in [6, 6.07) is 5.22. The SMILES string of the molecule is COc1ccc(N=C=O)c2cc(C)oc12. The maximum absolute atomic E-state index is 10.2. The molecule has 0 saturated heterocycles. The van der Waals surface area contributed by atoms with Gasteiger partial charge in [-0.15, -0.1) is 0 Å². The van der Waals surface area contributed by atoms with Crippen LogP contribution in [0.1, 0.15) is 5.76 Å². The summed E-state index contributed by atoms with van der Waals surface area (Å²) in [6.07, 6.45) is 1.52. The number of fused-ring (bicyclic) bond motifs is 1. The van der Waals surface area contributed by atoms with Gasteiger partial charge in [-0.05, 0) is 25.1 Å². The van der Waals surface area contributed by atoms with Crippen LogP contribution in [0, 0.1) is 6.92 Å². The van der Waals surface area contributed by atoms with Gasteiger partial charge < -0.3 is 9.15 Å². The standard InChI is InChI=1S/C11H9NO3/c1-7-5-8-9(12-6-13)3-4-10(14-2)11(8)15-7/h3-5H,1-2H3. The Morgan fingerprint density at radius 3 is 2.93 bits per heavy atom. The lowest BCUT2D eigenvalue weighted by atomic mass is 10.2. The smallest absolute Gasteiger partial charge is 0.240 e. The first-order chi connectivity index (χ1) is 7.26. The molecule has 0 radical (unpaired) electrons. The lowest BCUT2D eigenvalue weighted by Crippen LogP contribution is -1.82. The van der Waals surface area contributed by atoms with Gasteiger partial charge >= 0.3 is 0 Å². The summed E-state index contributed by atoms with van der Waals surface area (Å²) >= 11 is 0. The zero-order chi connectivity index (χ0) is 10.8. The van der Waals surface area contributed by atoms with Crippen molar-refractivity contribution in [3.63, 3.8) is 0 Å². The van der Waals surface area contributed by atoms with Gasteiger partial charge in [-0.25, -0.2) is 4.79 Å². The second kappa shape index (κ2) is 3.59. The number of rotatable bonds is 2. The van der Waals surface area contributed by atoms with Crippen LogP contribution >= 0.6 is 0 Å². The molecule has 0 atom stereocenters. The van der Waals surface area contributed by atoms with Crippen LogP contribution in [0.25, 0.3) is 11.0 Å². The first kappa shape index (κ1) is 9.49. The Kier molecular flexibility index (Phi) is 2.27. The quantitative estimate of drug-likeness (QED) is 0.557. The number of nitrogens with zero attached hydrogens (tertiary/aromatic N) is 1. The molecule has 0 amide bonds. The van der Waals surface area contributed by atoms with Gasteiger partial charge in [-0.1, -0.05) is 0 Å². The second-order valence-electron chi connectivity index (χ2n) is 3.09. The molecule has 0 unspecified atom stereocenters. The number of isocyanates is 1. The van der Waals surface area contributed by atoms with E-state index in [0.29, 0.717) is 17.0 Å². The summed E-state index contributed by atoms with van der Waals surface area (Å²) in [6.45, 7) is 1.83. The van der Waals surface area contributed by atoms with E-state index in [2.05, 4.69) is 4.99 Å². The zero-order valence-electron chi connectivity index (χ0n) is 8.40. The van der Waals surface area contributed by atoms with Crippen LogP contribution < -0.4 is 4.74 Å². The molecule has 1 aromatic carbocycles. The number of benzene rings is 1. The number of hydrogen-bond donors (Lipinski definition) is 0. The highest BCUT2D eigenvalue weighted by atomic mass is 16.5. The van der Waals surface area contributed by atoms with Gasteiger partial charge in [0.25, 0.3) is 0 Å². The first-order valence-electron chi connectivity index (χ1n) is 4.41. The monoisotopic (exact) mass is 203 g/mol. The van der Waals surface area contributed by atoms with Gasteiger partial charge in [0.15, 0.2) is 11.3 Å². The minimum absolute atomic E-state index is 0.539. The number of methoxy groups -OCH3 is 1. The molecule has 0 aliphatic heterocycles. The summed E-state index contributed by atoms with van der Waals surface area (Å²) in [4.78, 5) is 13.8. The molecule has 0 bridgehead atoms. The van der Waals surface area contributed by atoms with E-state index in [1.807, 2.05) is 13.0 Å². The molecule has 1 heterocycles. The van der Waals surface area contributed by atoms with Gasteiger partial charge in [-0.3, -0.25) is 0 Å². The molecule has 76 valence electrons. The highest BCUT2D eigenvalue weighted by Crippen LogP contribution is 2.35. The van der Waals surface area contributed by atoms with Crippen LogP contribution in [-0.4, -0.2) is 13.2 Å². The van der Waals surface area contributed by atoms with E-state index in [4.69, 9.17) is 9.15 Å². The third-order valence-corrected chi connectivity index (χ3v) is 2.13. The normalized spacial score (nSPS) is 10.0. The van der Waals surface area contributed by atoms with Crippen LogP contribution in [0.5, 0.6) is 5.75 Å². The van der Waals surface area contributed by atoms with Crippen molar-refractivity contribution in [1.29, 1.82) is 0 Å². The summed E-state index contributed by atoms with van der Waals surface area (Å²) in [5.41, 5.74) is 1.14. The lowest BCUT2D eigenvalue weighted by Gasteiger charge is -2.00. The number of furan rings is 1. The number of carbonyl (C=O) groups excluding carboxylic acids is 1. The fourth-order valence-corrected chi connectivity index (χ4v) is 1.52. The second-order valence-corrected chi connectivity index (χ2v) is 3.09. The molecule has 0 N–H and O–H groups in total. The molecule has 0 saturated carbocycles. The Morgan fingerprint density at radius 2 is 2.27 bits per heavy atom. The van der Waals surface area contributed by atoms with Crippen molar-refractivity contribution in [3.8, 4) is 5.75 Å². The Balaban J connectivity index is 2.81. The Bertz CT molecular complexity index is 550. The van der Waals surface area contributed by atoms with Gasteiger partial charge in [0.1, 0.15) is 5.76 Å². The minimum Gasteiger partial charge on any atom is -0.493 e. The third-order valence-electron chi connectivity index (χ3n) is 2.13. The zero-order valence-corrected chi connectivity index (χ0v) is 8.40. The van der Waals surface area contributed by atoms with E-state index in [1.54, 1.807) is 19.2 Å². The molecule has 4 heteroatoms. The molecule has 2 aromatic rings. The number of aliphatic imine (C=N–C) groups is 1. The molecule has 0 fully saturated rings. The Labute approximate surface area is 86.2 Å². The largest absolute Gasteiger partial charge is 0.493 e. The number of ether oxygens (including phenoxy) is 1. The summed E-state index contributed by atoms with van der Waals surface area (Å²) < 4.78 is 10.6. The van der Waals surface area contributed by atoms with E-state index in [-0.39, 0.29) is 0 Å². The van der Waals surface area contributed by atoms with Crippen molar-refractivity contribution < 1.29 is 13.9 Å². The van der Waals surface area contributed by atoms with Crippen molar-refractivity contribution >= 4 is 22.7 Å². The average Bonchev–Trinajstić information content (AvgIpc) is 2.61. The van der Waals surface area contributed by atoms with Crippen molar-refractivity contribution in [2.24, 2.45) is 4.99 Å². The topological polar surface area (TPSA) is 51.8 Å². The molecule has 0 aliphatic carbocycles. The Hall–Kier alpha value is -2.06. The predicted molar refractivity (Wildman–Crippen MR) is 55.3 cm³/mol. The number of aryl methyl sites for hydroxylation is 1. The van der Waals surface area contributed by atoms with Crippen LogP contribution in [0.15, 0.2) is 27.6 Å². The van der Waals surface area contributed by atoms with E-state index in [0.717, 1.165) is 11.1 Å². The summed E-state index contributed by atoms with van der Waals surface area (Å²) in [5, 5.41) is 0.759. The fourth-order valence-electron chi connectivity index (χ4n) is 1.52. The van der Waals surface area contributed by atoms with Crippen molar-refractivity contribution in [3.05, 3.63) is 24.0 Å². The minimum atomic E-state index is 0.539. The van der Waals surface area contributed by atoms with Gasteiger partial charge in [0.2, 0.25) is 6.08 Å². The van der Waals surface area contributed by atoms with Crippen LogP contribution in [-0.2, 0) is 4.79 Å². The van der Waals surface area contributed by atoms with E-state index < -0.39 is 0 Å². The van der Waals surface area contributed by atoms with Crippen molar-refractivity contribution in [2.75, 3.05) is 7.11 Å². The number of hydrogen-bond acceptors (Lipinski definition) is 4. The highest BCUT2D eigenvalue weighted by molar-refractivity contribution is 5.94. The van der Waals surface area contributed by atoms with Gasteiger partial charge in [-0.2, -0.15) is 4.99 Å². The Morgan fingerprint density at radius 1 is 1.47 bits per heavy atom. The van der Waals surface area contributed by atoms with Gasteiger partial charge in [0.05, 0.1) is 18.2 Å². The molecule has 1 aromatic heterocycles. The van der Waals surface area contributed by atoms with Crippen LogP contribution in [0.3, 0.4) is 0 Å². The molecule has 4 nitrogen and oxygen atoms in total. The molecular formula is C11H9NO3. The van der Waals surface area contributed by atoms with E-state index >= 15 is 0 Å². The molecule has 15 heavy (non-hydrogen) atoms. The summed E-state index contributed by atoms with van der Waals surface area (Å²) in [5.74, 6) is 1.37. The van der Waals surface area contributed by atoms with Crippen LogP contribution in [0.4, 0.5) is 5.69 Å². The van der Waals surface area contributed by atoms with Crippen LogP contribution in [0.2, 0.25) is 0 Å². The highest BCUT2D eigenvalue weighted by Gasteiger charge is 2.10. The van der Waals surface area contributed by atoms with Crippen molar-refractivity contribution in [1.82, 2.24) is 0 Å². The fraction of sp³-hybridized carbons (Fsp3) is 0.182. The van der Waals surface area contributed by atoms with E-state index in [9.17, 15) is 4.79 Å². The third kappa shape index (κ3) is 1.51. The predicted octanol–water partition coefficient (Wildman–Crippen LogP) is 2.72. The summed E-state index contributed by atoms with van der Waals surface area (Å²) in [7, 11) is 1.56. The molecule has 0 aliphatic rings. The van der Waals surface area contributed by atoms with E-state index in [1.165, 1.54) is 6.08 Å². The first-order valence-corrected chi connectivity index (χ1v) is 4.41. The van der Waals surface area contributed by atoms with Gasteiger partial charge in [0, 0.05) is 0 Å². The lowest BCUT2D eigenvalue weighted by molar-refractivity contribution is 0.409. The average molecular weight is 203 g/mol. The maximum Gasteiger partial charge on any atom is 0.240 e. The molecule has 2 rings (SSSR count). The maximum atomic E-state index is 10.2. The molecule has 0 spiro atoms. The van der Waals surface area contributed by atoms with Crippen molar-refractivity contribution in [2.45, 2.75) is 6.92 Å². The molecular weight excluding hydrogens is 194 g/mol.